The molecule has 0 spiro atoms. The highest BCUT2D eigenvalue weighted by Gasteiger charge is 2.20. The molecule has 0 aliphatic carbocycles. The van der Waals surface area contributed by atoms with E-state index in [0.717, 1.165) is 0 Å². The van der Waals surface area contributed by atoms with Gasteiger partial charge in [0.1, 0.15) is 0 Å². The molecule has 0 saturated carbocycles. The van der Waals surface area contributed by atoms with Crippen molar-refractivity contribution in [2.45, 2.75) is 22.6 Å². The molecule has 0 N–H and O–H groups in total. The first-order valence-corrected chi connectivity index (χ1v) is 11.2. The normalized spacial score (nSPS) is 12.2. The van der Waals surface area contributed by atoms with Gasteiger partial charge in [-0.15, -0.1) is 0 Å². The van der Waals surface area contributed by atoms with E-state index in [4.69, 9.17) is 23.2 Å². The first-order chi connectivity index (χ1) is 11.2. The summed E-state index contributed by atoms with van der Waals surface area (Å²) in [7, 11) is -7.07. The van der Waals surface area contributed by atoms with Crippen LogP contribution in [0.25, 0.3) is 0 Å². The van der Waals surface area contributed by atoms with Crippen molar-refractivity contribution in [3.8, 4) is 0 Å². The summed E-state index contributed by atoms with van der Waals surface area (Å²) in [6.07, 6.45) is 0.439. The molecular formula is C16H16Cl2O4S2. The van der Waals surface area contributed by atoms with E-state index < -0.39 is 19.7 Å². The monoisotopic (exact) mass is 406 g/mol. The summed E-state index contributed by atoms with van der Waals surface area (Å²) in [5, 5.41) is 0.336. The Morgan fingerprint density at radius 1 is 0.625 bits per heavy atom. The summed E-state index contributed by atoms with van der Waals surface area (Å²) in [6, 6.07) is 12.4. The van der Waals surface area contributed by atoms with Crippen molar-refractivity contribution in [1.29, 1.82) is 0 Å². The zero-order chi connectivity index (χ0) is 17.8. The van der Waals surface area contributed by atoms with Gasteiger partial charge in [-0.25, -0.2) is 16.8 Å². The second-order valence-electron chi connectivity index (χ2n) is 5.21. The highest BCUT2D eigenvalue weighted by atomic mass is 35.5. The van der Waals surface area contributed by atoms with Gasteiger partial charge in [0.15, 0.2) is 19.7 Å². The van der Waals surface area contributed by atoms with Crippen LogP contribution in [0.3, 0.4) is 0 Å². The quantitative estimate of drug-likeness (QED) is 0.650. The van der Waals surface area contributed by atoms with Crippen LogP contribution in [0.1, 0.15) is 12.8 Å². The molecule has 2 aromatic rings. The molecule has 0 atom stereocenters. The molecule has 0 radical (unpaired) electrons. The summed E-state index contributed by atoms with van der Waals surface area (Å²) in [6.45, 7) is 0. The van der Waals surface area contributed by atoms with Gasteiger partial charge < -0.3 is 0 Å². The van der Waals surface area contributed by atoms with Crippen LogP contribution >= 0.6 is 23.2 Å². The Kier molecular flexibility index (Phi) is 6.31. The maximum Gasteiger partial charge on any atom is 0.179 e. The Labute approximate surface area is 152 Å². The predicted octanol–water partition coefficient (Wildman–Crippen LogP) is 4.02. The van der Waals surface area contributed by atoms with E-state index in [1.807, 2.05) is 0 Å². The molecule has 0 fully saturated rings. The maximum atomic E-state index is 12.2. The minimum Gasteiger partial charge on any atom is -0.224 e. The molecular weight excluding hydrogens is 391 g/mol. The first kappa shape index (κ1) is 19.2. The standard InChI is InChI=1S/C16H16Cl2O4S2/c17-13-7-1-3-9-15(13)23(19,20)11-5-6-12-24(21,22)16-10-4-2-8-14(16)18/h1-4,7-10H,5-6,11-12H2. The number of rotatable bonds is 7. The fourth-order valence-corrected chi connectivity index (χ4v) is 6.09. The van der Waals surface area contributed by atoms with Gasteiger partial charge in [0.25, 0.3) is 0 Å². The average Bonchev–Trinajstić information content (AvgIpc) is 2.52. The Hall–Kier alpha value is -1.08. The lowest BCUT2D eigenvalue weighted by molar-refractivity contribution is 0.585. The summed E-state index contributed by atoms with van der Waals surface area (Å²) in [5.41, 5.74) is 0. The summed E-state index contributed by atoms with van der Waals surface area (Å²) < 4.78 is 49.0. The van der Waals surface area contributed by atoms with Crippen LogP contribution < -0.4 is 0 Å². The SMILES string of the molecule is O=S(=O)(CCCCS(=O)(=O)c1ccccc1Cl)c1ccccc1Cl. The van der Waals surface area contributed by atoms with Gasteiger partial charge in [0, 0.05) is 0 Å². The van der Waals surface area contributed by atoms with E-state index >= 15 is 0 Å². The molecule has 0 saturated heterocycles. The molecule has 0 aliphatic rings. The second kappa shape index (κ2) is 7.87. The van der Waals surface area contributed by atoms with Crippen LogP contribution in [0, 0.1) is 0 Å². The van der Waals surface area contributed by atoms with Gasteiger partial charge in [-0.2, -0.15) is 0 Å². The molecule has 0 aromatic heterocycles. The highest BCUT2D eigenvalue weighted by molar-refractivity contribution is 7.92. The van der Waals surface area contributed by atoms with Gasteiger partial charge in [-0.1, -0.05) is 47.5 Å². The Bertz CT molecular complexity index is 845. The zero-order valence-electron chi connectivity index (χ0n) is 12.7. The van der Waals surface area contributed by atoms with E-state index in [1.54, 1.807) is 24.3 Å². The van der Waals surface area contributed by atoms with Crippen LogP contribution in [0.5, 0.6) is 0 Å². The zero-order valence-corrected chi connectivity index (χ0v) is 15.8. The molecule has 0 heterocycles. The fraction of sp³-hybridized carbons (Fsp3) is 0.250. The van der Waals surface area contributed by atoms with Gasteiger partial charge in [0.05, 0.1) is 31.3 Å². The van der Waals surface area contributed by atoms with Crippen LogP contribution in [0.4, 0.5) is 0 Å². The minimum absolute atomic E-state index is 0.0700. The lowest BCUT2D eigenvalue weighted by Gasteiger charge is -2.08. The molecule has 4 nitrogen and oxygen atoms in total. The third-order valence-corrected chi connectivity index (χ3v) is 8.01. The van der Waals surface area contributed by atoms with Gasteiger partial charge >= 0.3 is 0 Å². The lowest BCUT2D eigenvalue weighted by Crippen LogP contribution is -2.11. The molecule has 2 rings (SSSR count). The van der Waals surface area contributed by atoms with Crippen molar-refractivity contribution in [2.75, 3.05) is 11.5 Å². The van der Waals surface area contributed by atoms with E-state index in [2.05, 4.69) is 0 Å². The first-order valence-electron chi connectivity index (χ1n) is 7.18. The highest BCUT2D eigenvalue weighted by Crippen LogP contribution is 2.24. The van der Waals surface area contributed by atoms with E-state index in [1.165, 1.54) is 24.3 Å². The number of halogens is 2. The summed E-state index contributed by atoms with van der Waals surface area (Å²) >= 11 is 11.8. The van der Waals surface area contributed by atoms with E-state index in [-0.39, 0.29) is 44.2 Å². The fourth-order valence-electron chi connectivity index (χ4n) is 2.20. The van der Waals surface area contributed by atoms with Crippen LogP contribution in [-0.2, 0) is 19.7 Å². The molecule has 0 bridgehead atoms. The summed E-state index contributed by atoms with van der Waals surface area (Å²) in [5.74, 6) is -0.316. The molecule has 2 aromatic carbocycles. The number of benzene rings is 2. The van der Waals surface area contributed by atoms with E-state index in [9.17, 15) is 16.8 Å². The van der Waals surface area contributed by atoms with Crippen LogP contribution in [0.15, 0.2) is 58.3 Å². The van der Waals surface area contributed by atoms with Crippen molar-refractivity contribution in [2.24, 2.45) is 0 Å². The third-order valence-electron chi connectivity index (χ3n) is 3.42. The van der Waals surface area contributed by atoms with Gasteiger partial charge in [-0.3, -0.25) is 0 Å². The topological polar surface area (TPSA) is 68.3 Å². The average molecular weight is 407 g/mol. The van der Waals surface area contributed by atoms with E-state index in [0.29, 0.717) is 0 Å². The molecule has 24 heavy (non-hydrogen) atoms. The van der Waals surface area contributed by atoms with Crippen molar-refractivity contribution in [3.05, 3.63) is 58.6 Å². The Morgan fingerprint density at radius 3 is 1.29 bits per heavy atom. The van der Waals surface area contributed by atoms with Crippen LogP contribution in [0.2, 0.25) is 10.0 Å². The molecule has 0 aliphatic heterocycles. The Morgan fingerprint density at radius 2 is 0.958 bits per heavy atom. The van der Waals surface area contributed by atoms with Gasteiger partial charge in [-0.05, 0) is 37.1 Å². The third kappa shape index (κ3) is 4.72. The lowest BCUT2D eigenvalue weighted by atomic mass is 10.4. The van der Waals surface area contributed by atoms with Gasteiger partial charge in [0.2, 0.25) is 0 Å². The van der Waals surface area contributed by atoms with Crippen molar-refractivity contribution >= 4 is 42.9 Å². The molecule has 0 amide bonds. The number of hydrogen-bond donors (Lipinski definition) is 0. The molecule has 8 heteroatoms. The Balaban J connectivity index is 1.98. The van der Waals surface area contributed by atoms with Crippen molar-refractivity contribution in [3.63, 3.8) is 0 Å². The number of unbranched alkanes of at least 4 members (excludes halogenated alkanes) is 1. The second-order valence-corrected chi connectivity index (χ2v) is 10.2. The predicted molar refractivity (Wildman–Crippen MR) is 96.2 cm³/mol. The largest absolute Gasteiger partial charge is 0.224 e. The smallest absolute Gasteiger partial charge is 0.179 e. The van der Waals surface area contributed by atoms with Crippen molar-refractivity contribution in [1.82, 2.24) is 0 Å². The molecule has 130 valence electrons. The minimum atomic E-state index is -3.53. The number of sulfone groups is 2. The summed E-state index contributed by atoms with van der Waals surface area (Å²) in [4.78, 5) is 0.140. The number of hydrogen-bond acceptors (Lipinski definition) is 4. The van der Waals surface area contributed by atoms with Crippen LogP contribution in [-0.4, -0.2) is 28.3 Å². The maximum absolute atomic E-state index is 12.2. The molecule has 0 unspecified atom stereocenters. The van der Waals surface area contributed by atoms with Crippen molar-refractivity contribution < 1.29 is 16.8 Å².